The summed E-state index contributed by atoms with van der Waals surface area (Å²) >= 11 is 2.30. The summed E-state index contributed by atoms with van der Waals surface area (Å²) in [6.45, 7) is 0.632. The fraction of sp³-hybridized carbons (Fsp3) is 0.267. The summed E-state index contributed by atoms with van der Waals surface area (Å²) in [6.07, 6.45) is 7.77. The molecule has 1 heterocycles. The van der Waals surface area contributed by atoms with Gasteiger partial charge in [-0.15, -0.1) is 0 Å². The Morgan fingerprint density at radius 2 is 2.15 bits per heavy atom. The molecule has 0 fully saturated rings. The zero-order chi connectivity index (χ0) is 14.2. The largest absolute Gasteiger partial charge is 0.477 e. The second kappa shape index (κ2) is 7.80. The highest BCUT2D eigenvalue weighted by atomic mass is 127. The van der Waals surface area contributed by atoms with Crippen LogP contribution in [0.4, 0.5) is 0 Å². The molecule has 0 atom stereocenters. The van der Waals surface area contributed by atoms with Crippen LogP contribution in [-0.4, -0.2) is 16.6 Å². The first kappa shape index (κ1) is 14.7. The van der Waals surface area contributed by atoms with Crippen molar-refractivity contribution in [1.82, 2.24) is 9.97 Å². The number of aromatic nitrogens is 2. The molecule has 5 heteroatoms. The SMILES string of the molecule is N#Cc1ccc(I)c(CCCCOc2cnccn2)c1. The van der Waals surface area contributed by atoms with Crippen LogP contribution in [0.15, 0.2) is 36.8 Å². The Balaban J connectivity index is 1.75. The minimum Gasteiger partial charge on any atom is -0.477 e. The molecule has 0 aliphatic rings. The van der Waals surface area contributed by atoms with Crippen molar-refractivity contribution in [3.63, 3.8) is 0 Å². The Morgan fingerprint density at radius 1 is 1.25 bits per heavy atom. The van der Waals surface area contributed by atoms with Gasteiger partial charge in [0.1, 0.15) is 0 Å². The van der Waals surface area contributed by atoms with E-state index in [1.54, 1.807) is 18.6 Å². The summed E-state index contributed by atoms with van der Waals surface area (Å²) in [5.74, 6) is 0.563. The van der Waals surface area contributed by atoms with E-state index in [9.17, 15) is 0 Å². The molecule has 0 aliphatic heterocycles. The van der Waals surface area contributed by atoms with Crippen LogP contribution in [0, 0.1) is 14.9 Å². The van der Waals surface area contributed by atoms with Crippen molar-refractivity contribution in [3.8, 4) is 11.9 Å². The maximum absolute atomic E-state index is 8.90. The maximum atomic E-state index is 8.90. The summed E-state index contributed by atoms with van der Waals surface area (Å²) < 4.78 is 6.70. The van der Waals surface area contributed by atoms with Gasteiger partial charge in [0.05, 0.1) is 24.4 Å². The van der Waals surface area contributed by atoms with E-state index < -0.39 is 0 Å². The molecule has 102 valence electrons. The topological polar surface area (TPSA) is 58.8 Å². The predicted octanol–water partition coefficient (Wildman–Crippen LogP) is 3.35. The van der Waals surface area contributed by atoms with Crippen LogP contribution in [0.2, 0.25) is 0 Å². The molecular formula is C15H14IN3O. The third-order valence-electron chi connectivity index (χ3n) is 2.80. The van der Waals surface area contributed by atoms with Crippen LogP contribution in [0.25, 0.3) is 0 Å². The molecular weight excluding hydrogens is 365 g/mol. The quantitative estimate of drug-likeness (QED) is 0.571. The molecule has 4 nitrogen and oxygen atoms in total. The first-order valence-electron chi connectivity index (χ1n) is 6.37. The summed E-state index contributed by atoms with van der Waals surface area (Å²) in [4.78, 5) is 7.99. The lowest BCUT2D eigenvalue weighted by atomic mass is 10.1. The minimum absolute atomic E-state index is 0.563. The van der Waals surface area contributed by atoms with Crippen LogP contribution in [0.5, 0.6) is 5.88 Å². The second-order valence-electron chi connectivity index (χ2n) is 4.27. The van der Waals surface area contributed by atoms with Crippen molar-refractivity contribution < 1.29 is 4.74 Å². The van der Waals surface area contributed by atoms with E-state index >= 15 is 0 Å². The third kappa shape index (κ3) is 4.46. The molecule has 2 rings (SSSR count). The number of ether oxygens (including phenoxy) is 1. The van der Waals surface area contributed by atoms with E-state index in [1.807, 2.05) is 18.2 Å². The molecule has 0 spiro atoms. The number of nitrogens with zero attached hydrogens (tertiary/aromatic N) is 3. The Morgan fingerprint density at radius 3 is 2.90 bits per heavy atom. The van der Waals surface area contributed by atoms with Crippen LogP contribution in [0.1, 0.15) is 24.0 Å². The lowest BCUT2D eigenvalue weighted by molar-refractivity contribution is 0.294. The molecule has 0 saturated heterocycles. The van der Waals surface area contributed by atoms with Gasteiger partial charge in [-0.1, -0.05) is 0 Å². The van der Waals surface area contributed by atoms with E-state index in [2.05, 4.69) is 38.6 Å². The molecule has 1 aromatic carbocycles. The highest BCUT2D eigenvalue weighted by Crippen LogP contribution is 2.16. The number of nitriles is 1. The molecule has 20 heavy (non-hydrogen) atoms. The van der Waals surface area contributed by atoms with Crippen molar-refractivity contribution in [2.75, 3.05) is 6.61 Å². The summed E-state index contributed by atoms with van der Waals surface area (Å²) in [5.41, 5.74) is 1.94. The predicted molar refractivity (Wildman–Crippen MR) is 84.3 cm³/mol. The summed E-state index contributed by atoms with van der Waals surface area (Å²) in [7, 11) is 0. The Kier molecular flexibility index (Phi) is 5.74. The van der Waals surface area contributed by atoms with E-state index in [1.165, 1.54) is 9.13 Å². The molecule has 0 N–H and O–H groups in total. The fourth-order valence-electron chi connectivity index (χ4n) is 1.79. The van der Waals surface area contributed by atoms with Crippen molar-refractivity contribution in [2.24, 2.45) is 0 Å². The Bertz CT molecular complexity index is 596. The molecule has 2 aromatic rings. The van der Waals surface area contributed by atoms with E-state index in [0.29, 0.717) is 12.5 Å². The number of hydrogen-bond acceptors (Lipinski definition) is 4. The smallest absolute Gasteiger partial charge is 0.232 e. The van der Waals surface area contributed by atoms with Crippen molar-refractivity contribution in [3.05, 3.63) is 51.5 Å². The minimum atomic E-state index is 0.563. The van der Waals surface area contributed by atoms with Gasteiger partial charge in [-0.25, -0.2) is 4.98 Å². The highest BCUT2D eigenvalue weighted by Gasteiger charge is 2.02. The standard InChI is InChI=1S/C15H14IN3O/c16-14-5-4-12(10-17)9-13(14)3-1-2-8-20-15-11-18-6-7-19-15/h4-7,9,11H,1-3,8H2. The fourth-order valence-corrected chi connectivity index (χ4v) is 2.40. The zero-order valence-corrected chi connectivity index (χ0v) is 13.1. The number of unbranched alkanes of at least 4 members (excludes halogenated alkanes) is 1. The third-order valence-corrected chi connectivity index (χ3v) is 3.86. The van der Waals surface area contributed by atoms with Crippen LogP contribution in [-0.2, 0) is 6.42 Å². The van der Waals surface area contributed by atoms with Crippen molar-refractivity contribution in [1.29, 1.82) is 5.26 Å². The maximum Gasteiger partial charge on any atom is 0.232 e. The van der Waals surface area contributed by atoms with Crippen LogP contribution >= 0.6 is 22.6 Å². The van der Waals surface area contributed by atoms with Gasteiger partial charge >= 0.3 is 0 Å². The number of hydrogen-bond donors (Lipinski definition) is 0. The summed E-state index contributed by atoms with van der Waals surface area (Å²) in [6, 6.07) is 7.98. The van der Waals surface area contributed by atoms with E-state index in [-0.39, 0.29) is 0 Å². The van der Waals surface area contributed by atoms with Gasteiger partial charge in [-0.2, -0.15) is 5.26 Å². The average Bonchev–Trinajstić information content (AvgIpc) is 2.50. The monoisotopic (exact) mass is 379 g/mol. The first-order valence-corrected chi connectivity index (χ1v) is 7.45. The molecule has 0 amide bonds. The molecule has 0 radical (unpaired) electrons. The van der Waals surface area contributed by atoms with E-state index in [0.717, 1.165) is 24.8 Å². The number of halogens is 1. The second-order valence-corrected chi connectivity index (χ2v) is 5.43. The summed E-state index contributed by atoms with van der Waals surface area (Å²) in [5, 5.41) is 8.90. The molecule has 0 unspecified atom stereocenters. The lowest BCUT2D eigenvalue weighted by Gasteiger charge is -2.06. The lowest BCUT2D eigenvalue weighted by Crippen LogP contribution is -2.00. The van der Waals surface area contributed by atoms with Crippen LogP contribution in [0.3, 0.4) is 0 Å². The Hall–Kier alpha value is -1.68. The van der Waals surface area contributed by atoms with Gasteiger partial charge in [0.25, 0.3) is 0 Å². The zero-order valence-electron chi connectivity index (χ0n) is 10.9. The normalized spacial score (nSPS) is 10.0. The van der Waals surface area contributed by atoms with Crippen molar-refractivity contribution in [2.45, 2.75) is 19.3 Å². The van der Waals surface area contributed by atoms with Gasteiger partial charge in [0, 0.05) is 16.0 Å². The van der Waals surface area contributed by atoms with Crippen LogP contribution < -0.4 is 4.74 Å². The van der Waals surface area contributed by atoms with Gasteiger partial charge in [0.15, 0.2) is 0 Å². The first-order chi connectivity index (χ1) is 9.79. The molecule has 1 aromatic heterocycles. The highest BCUT2D eigenvalue weighted by molar-refractivity contribution is 14.1. The van der Waals surface area contributed by atoms with E-state index in [4.69, 9.17) is 10.00 Å². The van der Waals surface area contributed by atoms with Gasteiger partial charge in [-0.05, 0) is 65.6 Å². The molecule has 0 saturated carbocycles. The number of benzene rings is 1. The molecule has 0 aliphatic carbocycles. The van der Waals surface area contributed by atoms with Gasteiger partial charge < -0.3 is 4.74 Å². The molecule has 0 bridgehead atoms. The Labute approximate surface area is 132 Å². The van der Waals surface area contributed by atoms with Gasteiger partial charge in [-0.3, -0.25) is 4.98 Å². The van der Waals surface area contributed by atoms with Crippen molar-refractivity contribution >= 4 is 22.6 Å². The average molecular weight is 379 g/mol. The number of rotatable bonds is 6. The van der Waals surface area contributed by atoms with Gasteiger partial charge in [0.2, 0.25) is 5.88 Å². The number of aryl methyl sites for hydroxylation is 1.